The molecule has 0 amide bonds. The van der Waals surface area contributed by atoms with E-state index in [0.717, 1.165) is 17.7 Å². The Bertz CT molecular complexity index is 791. The number of aryl methyl sites for hydroxylation is 1. The van der Waals surface area contributed by atoms with Gasteiger partial charge < -0.3 is 14.2 Å². The second-order valence-electron chi connectivity index (χ2n) is 5.15. The van der Waals surface area contributed by atoms with E-state index in [2.05, 4.69) is 0 Å². The lowest BCUT2D eigenvalue weighted by atomic mass is 10.2. The Morgan fingerprint density at radius 2 is 1.68 bits per heavy atom. The van der Waals surface area contributed by atoms with Crippen molar-refractivity contribution in [3.8, 4) is 17.2 Å². The fourth-order valence-corrected chi connectivity index (χ4v) is 2.08. The fourth-order valence-electron chi connectivity index (χ4n) is 1.97. The molecule has 0 aliphatic rings. The first-order valence-corrected chi connectivity index (χ1v) is 7.78. The third-order valence-corrected chi connectivity index (χ3v) is 3.67. The topological polar surface area (TPSA) is 61.8 Å². The van der Waals surface area contributed by atoms with Gasteiger partial charge in [-0.15, -0.1) is 0 Å². The number of rotatable bonds is 6. The first kappa shape index (κ1) is 18.7. The van der Waals surface area contributed by atoms with Crippen molar-refractivity contribution in [3.05, 3.63) is 52.8 Å². The van der Waals surface area contributed by atoms with Crippen LogP contribution in [0, 0.1) is 12.7 Å². The predicted molar refractivity (Wildman–Crippen MR) is 89.6 cm³/mol. The summed E-state index contributed by atoms with van der Waals surface area (Å²) >= 11 is 5.90. The predicted octanol–water partition coefficient (Wildman–Crippen LogP) is 4.09. The Balaban J connectivity index is 1.87. The molecule has 0 N–H and O–H groups in total. The molecular weight excluding hydrogens is 351 g/mol. The lowest BCUT2D eigenvalue weighted by molar-refractivity contribution is -0.140. The summed E-state index contributed by atoms with van der Waals surface area (Å²) in [7, 11) is 1.33. The molecule has 0 aromatic heterocycles. The molecule has 0 saturated heterocycles. The van der Waals surface area contributed by atoms with Gasteiger partial charge in [0.1, 0.15) is 11.6 Å². The molecule has 0 radical (unpaired) electrons. The minimum atomic E-state index is -0.658. The lowest BCUT2D eigenvalue weighted by Crippen LogP contribution is -2.14. The zero-order valence-electron chi connectivity index (χ0n) is 13.7. The quantitative estimate of drug-likeness (QED) is 0.569. The molecule has 5 nitrogen and oxygen atoms in total. The first-order valence-electron chi connectivity index (χ1n) is 7.40. The number of esters is 2. The van der Waals surface area contributed by atoms with Crippen molar-refractivity contribution in [2.24, 2.45) is 0 Å². The van der Waals surface area contributed by atoms with Crippen LogP contribution in [0.1, 0.15) is 18.4 Å². The molecule has 7 heteroatoms. The third-order valence-electron chi connectivity index (χ3n) is 3.24. The first-order chi connectivity index (χ1) is 11.9. The second kappa shape index (κ2) is 8.48. The van der Waals surface area contributed by atoms with E-state index in [1.807, 2.05) is 0 Å². The SMILES string of the molecule is COc1cc(F)ccc1OC(=O)CCC(=O)Oc1ccc(Cl)c(C)c1. The zero-order valence-corrected chi connectivity index (χ0v) is 14.4. The normalized spacial score (nSPS) is 10.2. The van der Waals surface area contributed by atoms with Crippen LogP contribution in [-0.2, 0) is 9.59 Å². The number of ether oxygens (including phenoxy) is 3. The monoisotopic (exact) mass is 366 g/mol. The van der Waals surface area contributed by atoms with E-state index in [0.29, 0.717) is 10.8 Å². The Morgan fingerprint density at radius 3 is 2.32 bits per heavy atom. The van der Waals surface area contributed by atoms with Crippen LogP contribution >= 0.6 is 11.6 Å². The van der Waals surface area contributed by atoms with Crippen LogP contribution in [-0.4, -0.2) is 19.0 Å². The van der Waals surface area contributed by atoms with Crippen molar-refractivity contribution in [2.45, 2.75) is 19.8 Å². The summed E-state index contributed by atoms with van der Waals surface area (Å²) in [6.07, 6.45) is -0.351. The zero-order chi connectivity index (χ0) is 18.4. The second-order valence-corrected chi connectivity index (χ2v) is 5.56. The van der Waals surface area contributed by atoms with Crippen molar-refractivity contribution >= 4 is 23.5 Å². The van der Waals surface area contributed by atoms with E-state index in [1.165, 1.54) is 13.2 Å². The van der Waals surface area contributed by atoms with Gasteiger partial charge in [0.05, 0.1) is 20.0 Å². The molecule has 25 heavy (non-hydrogen) atoms. The summed E-state index contributed by atoms with van der Waals surface area (Å²) < 4.78 is 28.2. The number of methoxy groups -OCH3 is 1. The van der Waals surface area contributed by atoms with E-state index in [9.17, 15) is 14.0 Å². The van der Waals surface area contributed by atoms with Crippen molar-refractivity contribution < 1.29 is 28.2 Å². The van der Waals surface area contributed by atoms with E-state index >= 15 is 0 Å². The standard InChI is InChI=1S/C18H16ClFO5/c1-11-9-13(4-5-14(11)19)24-17(21)7-8-18(22)25-15-6-3-12(20)10-16(15)23-2/h3-6,9-10H,7-8H2,1-2H3. The largest absolute Gasteiger partial charge is 0.493 e. The Hall–Kier alpha value is -2.60. The number of carbonyl (C=O) groups is 2. The fraction of sp³-hybridized carbons (Fsp3) is 0.222. The summed E-state index contributed by atoms with van der Waals surface area (Å²) in [6.45, 7) is 1.78. The molecule has 2 aromatic carbocycles. The smallest absolute Gasteiger partial charge is 0.311 e. The van der Waals surface area contributed by atoms with Gasteiger partial charge in [0.25, 0.3) is 0 Å². The van der Waals surface area contributed by atoms with Crippen LogP contribution in [0.2, 0.25) is 5.02 Å². The van der Waals surface area contributed by atoms with Gasteiger partial charge in [0.2, 0.25) is 0 Å². The highest BCUT2D eigenvalue weighted by Crippen LogP contribution is 2.28. The lowest BCUT2D eigenvalue weighted by Gasteiger charge is -2.09. The van der Waals surface area contributed by atoms with Gasteiger partial charge in [-0.3, -0.25) is 9.59 Å². The molecule has 132 valence electrons. The van der Waals surface area contributed by atoms with Gasteiger partial charge in [0, 0.05) is 11.1 Å². The maximum Gasteiger partial charge on any atom is 0.311 e. The van der Waals surface area contributed by atoms with Gasteiger partial charge in [-0.05, 0) is 42.8 Å². The summed E-state index contributed by atoms with van der Waals surface area (Å²) in [5, 5.41) is 0.566. The third kappa shape index (κ3) is 5.46. The van der Waals surface area contributed by atoms with Crippen molar-refractivity contribution in [3.63, 3.8) is 0 Å². The van der Waals surface area contributed by atoms with Crippen molar-refractivity contribution in [2.75, 3.05) is 7.11 Å². The van der Waals surface area contributed by atoms with Gasteiger partial charge in [-0.2, -0.15) is 0 Å². The highest BCUT2D eigenvalue weighted by atomic mass is 35.5. The summed E-state index contributed by atoms with van der Waals surface area (Å²) in [4.78, 5) is 23.6. The molecule has 2 rings (SSSR count). The molecule has 0 aliphatic heterocycles. The molecule has 0 atom stereocenters. The molecule has 2 aromatic rings. The molecule has 0 spiro atoms. The van der Waals surface area contributed by atoms with Gasteiger partial charge >= 0.3 is 11.9 Å². The minimum absolute atomic E-state index is 0.0793. The van der Waals surface area contributed by atoms with Crippen LogP contribution in [0.15, 0.2) is 36.4 Å². The van der Waals surface area contributed by atoms with Gasteiger partial charge in [-0.1, -0.05) is 11.6 Å². The number of carbonyl (C=O) groups excluding carboxylic acids is 2. The average Bonchev–Trinajstić information content (AvgIpc) is 2.58. The van der Waals surface area contributed by atoms with Crippen LogP contribution in [0.5, 0.6) is 17.2 Å². The number of hydrogen-bond acceptors (Lipinski definition) is 5. The molecule has 0 aliphatic carbocycles. The van der Waals surface area contributed by atoms with Crippen LogP contribution in [0.4, 0.5) is 4.39 Å². The van der Waals surface area contributed by atoms with Crippen molar-refractivity contribution in [1.82, 2.24) is 0 Å². The van der Waals surface area contributed by atoms with E-state index in [4.69, 9.17) is 25.8 Å². The molecule has 0 fully saturated rings. The maximum absolute atomic E-state index is 13.1. The van der Waals surface area contributed by atoms with Crippen LogP contribution < -0.4 is 14.2 Å². The minimum Gasteiger partial charge on any atom is -0.493 e. The number of benzene rings is 2. The Kier molecular flexibility index (Phi) is 6.36. The van der Waals surface area contributed by atoms with Crippen LogP contribution in [0.25, 0.3) is 0 Å². The summed E-state index contributed by atoms with van der Waals surface area (Å²) in [5.74, 6) is -1.24. The molecule has 0 saturated carbocycles. The summed E-state index contributed by atoms with van der Waals surface area (Å²) in [6, 6.07) is 8.33. The van der Waals surface area contributed by atoms with Crippen molar-refractivity contribution in [1.29, 1.82) is 0 Å². The van der Waals surface area contributed by atoms with Crippen LogP contribution in [0.3, 0.4) is 0 Å². The van der Waals surface area contributed by atoms with E-state index in [1.54, 1.807) is 25.1 Å². The Morgan fingerprint density at radius 1 is 1.00 bits per heavy atom. The number of hydrogen-bond donors (Lipinski definition) is 0. The average molecular weight is 367 g/mol. The Labute approximate surface area is 149 Å². The molecule has 0 heterocycles. The van der Waals surface area contributed by atoms with E-state index in [-0.39, 0.29) is 24.3 Å². The highest BCUT2D eigenvalue weighted by molar-refractivity contribution is 6.31. The molecule has 0 bridgehead atoms. The molecule has 0 unspecified atom stereocenters. The van der Waals surface area contributed by atoms with Gasteiger partial charge in [-0.25, -0.2) is 4.39 Å². The van der Waals surface area contributed by atoms with Gasteiger partial charge in [0.15, 0.2) is 11.5 Å². The maximum atomic E-state index is 13.1. The number of halogens is 2. The summed E-state index contributed by atoms with van der Waals surface area (Å²) in [5.41, 5.74) is 0.773. The highest BCUT2D eigenvalue weighted by Gasteiger charge is 2.14. The van der Waals surface area contributed by atoms with E-state index < -0.39 is 17.8 Å². The molecular formula is C18H16ClFO5.